The average Bonchev–Trinajstić information content (AvgIpc) is 2.72. The third-order valence-corrected chi connectivity index (χ3v) is 3.82. The lowest BCUT2D eigenvalue weighted by atomic mass is 9.80. The van der Waals surface area contributed by atoms with Gasteiger partial charge in [0, 0.05) is 12.8 Å². The van der Waals surface area contributed by atoms with Crippen molar-refractivity contribution in [2.45, 2.75) is 32.6 Å². The monoisotopic (exact) mass is 240 g/mol. The second-order valence-electron chi connectivity index (χ2n) is 5.10. The van der Waals surface area contributed by atoms with Crippen LogP contribution in [0.2, 0.25) is 0 Å². The molecule has 0 amide bonds. The van der Waals surface area contributed by atoms with Crippen LogP contribution >= 0.6 is 0 Å². The first-order valence-electron chi connectivity index (χ1n) is 6.32. The minimum Gasteiger partial charge on any atom is -0.468 e. The van der Waals surface area contributed by atoms with Gasteiger partial charge >= 0.3 is 0 Å². The van der Waals surface area contributed by atoms with E-state index in [1.54, 1.807) is 6.26 Å². The number of rotatable bonds is 1. The molecule has 1 aromatic carbocycles. The quantitative estimate of drug-likeness (QED) is 0.758. The van der Waals surface area contributed by atoms with E-state index in [1.807, 2.05) is 19.1 Å². The summed E-state index contributed by atoms with van der Waals surface area (Å²) in [4.78, 5) is 12.2. The number of hydrogen-bond donors (Lipinski definition) is 0. The summed E-state index contributed by atoms with van der Waals surface area (Å²) in [6.45, 7) is 4.04. The predicted octanol–water partition coefficient (Wildman–Crippen LogP) is 3.81. The molecule has 3 rings (SSSR count). The zero-order chi connectivity index (χ0) is 12.7. The molecule has 1 unspecified atom stereocenters. The van der Waals surface area contributed by atoms with Crippen molar-refractivity contribution >= 4 is 5.78 Å². The molecule has 0 radical (unpaired) electrons. The van der Waals surface area contributed by atoms with E-state index in [9.17, 15) is 4.79 Å². The summed E-state index contributed by atoms with van der Waals surface area (Å²) < 4.78 is 5.53. The third-order valence-electron chi connectivity index (χ3n) is 3.82. The molecule has 2 aromatic rings. The predicted molar refractivity (Wildman–Crippen MR) is 70.0 cm³/mol. The van der Waals surface area contributed by atoms with Crippen molar-refractivity contribution in [3.63, 3.8) is 0 Å². The second kappa shape index (κ2) is 4.13. The number of carbonyl (C=O) groups excluding carboxylic acids is 1. The van der Waals surface area contributed by atoms with Gasteiger partial charge in [-0.05, 0) is 36.5 Å². The van der Waals surface area contributed by atoms with Crippen molar-refractivity contribution in [2.75, 3.05) is 0 Å². The van der Waals surface area contributed by atoms with Gasteiger partial charge in [0.05, 0.1) is 11.8 Å². The topological polar surface area (TPSA) is 30.2 Å². The minimum absolute atomic E-state index is 0.218. The molecule has 92 valence electrons. The number of benzene rings is 1. The van der Waals surface area contributed by atoms with Gasteiger partial charge in [0.25, 0.3) is 0 Å². The first kappa shape index (κ1) is 11.3. The lowest BCUT2D eigenvalue weighted by molar-refractivity contribution is 0.0960. The van der Waals surface area contributed by atoms with Crippen molar-refractivity contribution in [3.05, 3.63) is 58.5 Å². The highest BCUT2D eigenvalue weighted by molar-refractivity contribution is 5.99. The number of aryl methyl sites for hydroxylation is 2. The summed E-state index contributed by atoms with van der Waals surface area (Å²) in [5, 5.41) is 0. The van der Waals surface area contributed by atoms with Gasteiger partial charge in [0.15, 0.2) is 5.78 Å². The maximum absolute atomic E-state index is 12.2. The van der Waals surface area contributed by atoms with E-state index < -0.39 is 0 Å². The molecule has 1 aromatic heterocycles. The van der Waals surface area contributed by atoms with E-state index in [0.717, 1.165) is 23.3 Å². The summed E-state index contributed by atoms with van der Waals surface area (Å²) in [6.07, 6.45) is 3.13. The number of fused-ring (bicyclic) bond motifs is 1. The molecule has 2 heteroatoms. The number of ketones is 1. The SMILES string of the molecule is Cc1ccccc1C1CC(=O)c2c(C)coc2C1. The Hall–Kier alpha value is -1.83. The fourth-order valence-electron chi connectivity index (χ4n) is 2.91. The lowest BCUT2D eigenvalue weighted by Gasteiger charge is -2.22. The number of carbonyl (C=O) groups is 1. The lowest BCUT2D eigenvalue weighted by Crippen LogP contribution is -2.18. The van der Waals surface area contributed by atoms with Crippen molar-refractivity contribution < 1.29 is 9.21 Å². The van der Waals surface area contributed by atoms with Crippen LogP contribution in [0.4, 0.5) is 0 Å². The number of Topliss-reactive ketones (excluding diaryl/α,β-unsaturated/α-hetero) is 1. The van der Waals surface area contributed by atoms with Crippen LogP contribution in [0.15, 0.2) is 34.9 Å². The molecule has 0 bridgehead atoms. The van der Waals surface area contributed by atoms with Gasteiger partial charge in [0.2, 0.25) is 0 Å². The van der Waals surface area contributed by atoms with Gasteiger partial charge in [-0.15, -0.1) is 0 Å². The number of hydrogen-bond acceptors (Lipinski definition) is 2. The fraction of sp³-hybridized carbons (Fsp3) is 0.312. The van der Waals surface area contributed by atoms with Gasteiger partial charge < -0.3 is 4.42 Å². The highest BCUT2D eigenvalue weighted by atomic mass is 16.3. The smallest absolute Gasteiger partial charge is 0.167 e. The zero-order valence-corrected chi connectivity index (χ0v) is 10.7. The summed E-state index contributed by atoms with van der Waals surface area (Å²) in [7, 11) is 0. The fourth-order valence-corrected chi connectivity index (χ4v) is 2.91. The highest BCUT2D eigenvalue weighted by Gasteiger charge is 2.30. The molecule has 0 N–H and O–H groups in total. The van der Waals surface area contributed by atoms with E-state index in [4.69, 9.17) is 4.42 Å². The molecule has 1 atom stereocenters. The van der Waals surface area contributed by atoms with Gasteiger partial charge in [-0.3, -0.25) is 4.79 Å². The van der Waals surface area contributed by atoms with E-state index in [0.29, 0.717) is 6.42 Å². The van der Waals surface area contributed by atoms with E-state index >= 15 is 0 Å². The van der Waals surface area contributed by atoms with Gasteiger partial charge in [-0.2, -0.15) is 0 Å². The van der Waals surface area contributed by atoms with E-state index in [-0.39, 0.29) is 11.7 Å². The molecule has 0 aliphatic heterocycles. The van der Waals surface area contributed by atoms with Crippen LogP contribution in [0.25, 0.3) is 0 Å². The van der Waals surface area contributed by atoms with Crippen LogP contribution in [0.1, 0.15) is 45.1 Å². The van der Waals surface area contributed by atoms with Gasteiger partial charge in [-0.25, -0.2) is 0 Å². The average molecular weight is 240 g/mol. The van der Waals surface area contributed by atoms with Crippen LogP contribution in [-0.2, 0) is 6.42 Å². The highest BCUT2D eigenvalue weighted by Crippen LogP contribution is 2.35. The summed E-state index contributed by atoms with van der Waals surface area (Å²) in [5.41, 5.74) is 4.31. The van der Waals surface area contributed by atoms with Gasteiger partial charge in [0.1, 0.15) is 5.76 Å². The van der Waals surface area contributed by atoms with E-state index in [1.165, 1.54) is 11.1 Å². The van der Waals surface area contributed by atoms with Gasteiger partial charge in [-0.1, -0.05) is 24.3 Å². The minimum atomic E-state index is 0.218. The molecular weight excluding hydrogens is 224 g/mol. The maximum Gasteiger partial charge on any atom is 0.167 e. The molecule has 0 saturated carbocycles. The Morgan fingerprint density at radius 2 is 1.89 bits per heavy atom. The molecule has 2 nitrogen and oxygen atoms in total. The molecule has 0 saturated heterocycles. The van der Waals surface area contributed by atoms with Crippen LogP contribution in [0.3, 0.4) is 0 Å². The van der Waals surface area contributed by atoms with Crippen molar-refractivity contribution in [1.82, 2.24) is 0 Å². The largest absolute Gasteiger partial charge is 0.468 e. The molecule has 1 heterocycles. The Labute approximate surface area is 107 Å². The Morgan fingerprint density at radius 1 is 1.11 bits per heavy atom. The normalized spacial score (nSPS) is 18.8. The van der Waals surface area contributed by atoms with Crippen LogP contribution < -0.4 is 0 Å². The van der Waals surface area contributed by atoms with Crippen LogP contribution in [-0.4, -0.2) is 5.78 Å². The standard InChI is InChI=1S/C16H16O2/c1-10-5-3-4-6-13(10)12-7-14(17)16-11(2)9-18-15(16)8-12/h3-6,9,12H,7-8H2,1-2H3. The Morgan fingerprint density at radius 3 is 2.67 bits per heavy atom. The molecule has 1 aliphatic rings. The maximum atomic E-state index is 12.2. The van der Waals surface area contributed by atoms with Crippen molar-refractivity contribution in [2.24, 2.45) is 0 Å². The summed E-state index contributed by atoms with van der Waals surface area (Å²) >= 11 is 0. The summed E-state index contributed by atoms with van der Waals surface area (Å²) in [5.74, 6) is 1.34. The van der Waals surface area contributed by atoms with Crippen LogP contribution in [0.5, 0.6) is 0 Å². The molecular formula is C16H16O2. The second-order valence-corrected chi connectivity index (χ2v) is 5.10. The van der Waals surface area contributed by atoms with Crippen LogP contribution in [0, 0.1) is 13.8 Å². The first-order chi connectivity index (χ1) is 8.66. The van der Waals surface area contributed by atoms with Crippen molar-refractivity contribution in [3.8, 4) is 0 Å². The van der Waals surface area contributed by atoms with Crippen molar-refractivity contribution in [1.29, 1.82) is 0 Å². The zero-order valence-electron chi connectivity index (χ0n) is 10.7. The molecule has 0 fully saturated rings. The van der Waals surface area contributed by atoms with E-state index in [2.05, 4.69) is 19.1 Å². The molecule has 0 spiro atoms. The molecule has 1 aliphatic carbocycles. The Balaban J connectivity index is 2.00. The number of furan rings is 1. The Bertz CT molecular complexity index is 607. The Kier molecular flexibility index (Phi) is 2.58. The first-order valence-corrected chi connectivity index (χ1v) is 6.32. The summed E-state index contributed by atoms with van der Waals surface area (Å²) in [6, 6.07) is 8.29. The molecule has 18 heavy (non-hydrogen) atoms. The third kappa shape index (κ3) is 1.69.